The number of nitrogens with one attached hydrogen (secondary N) is 1. The minimum absolute atomic E-state index is 0.0820. The molecule has 3 heteroatoms. The van der Waals surface area contributed by atoms with Crippen molar-refractivity contribution in [3.63, 3.8) is 0 Å². The predicted molar refractivity (Wildman–Crippen MR) is 98.6 cm³/mol. The van der Waals surface area contributed by atoms with Gasteiger partial charge in [-0.3, -0.25) is 0 Å². The Balaban J connectivity index is 2.96. The maximum absolute atomic E-state index is 10.9. The maximum atomic E-state index is 10.9. The molecule has 6 atom stereocenters. The van der Waals surface area contributed by atoms with E-state index in [1.807, 2.05) is 7.05 Å². The Bertz CT molecular complexity index is 297. The molecule has 0 aromatic carbocycles. The molecule has 23 heavy (non-hydrogen) atoms. The van der Waals surface area contributed by atoms with Crippen LogP contribution in [0.5, 0.6) is 0 Å². The van der Waals surface area contributed by atoms with E-state index in [2.05, 4.69) is 33.0 Å². The third-order valence-electron chi connectivity index (χ3n) is 5.86. The van der Waals surface area contributed by atoms with E-state index < -0.39 is 0 Å². The largest absolute Gasteiger partial charge is 0.391 e. The van der Waals surface area contributed by atoms with Gasteiger partial charge >= 0.3 is 0 Å². The average molecular weight is 328 g/mol. The molecule has 1 aliphatic rings. The summed E-state index contributed by atoms with van der Waals surface area (Å²) < 4.78 is 5.88. The molecule has 1 aliphatic heterocycles. The first kappa shape index (κ1) is 20.9. The van der Waals surface area contributed by atoms with Gasteiger partial charge in [-0.15, -0.1) is 0 Å². The highest BCUT2D eigenvalue weighted by Gasteiger charge is 2.41. The van der Waals surface area contributed by atoms with Crippen molar-refractivity contribution in [3.05, 3.63) is 0 Å². The normalized spacial score (nSPS) is 29.2. The Morgan fingerprint density at radius 1 is 1.04 bits per heavy atom. The van der Waals surface area contributed by atoms with Gasteiger partial charge in [-0.05, 0) is 24.8 Å². The predicted octanol–water partition coefficient (Wildman–Crippen LogP) is 4.24. The maximum Gasteiger partial charge on any atom is 0.0768 e. The molecule has 1 fully saturated rings. The van der Waals surface area contributed by atoms with Crippen LogP contribution in [0, 0.1) is 23.7 Å². The van der Waals surface area contributed by atoms with Crippen LogP contribution in [0.25, 0.3) is 0 Å². The van der Waals surface area contributed by atoms with E-state index in [0.717, 1.165) is 12.5 Å². The zero-order valence-electron chi connectivity index (χ0n) is 16.2. The van der Waals surface area contributed by atoms with Crippen molar-refractivity contribution in [1.82, 2.24) is 5.32 Å². The fourth-order valence-electron chi connectivity index (χ4n) is 4.67. The molecule has 1 saturated heterocycles. The monoisotopic (exact) mass is 327 g/mol. The van der Waals surface area contributed by atoms with Gasteiger partial charge in [0.05, 0.1) is 25.4 Å². The van der Waals surface area contributed by atoms with E-state index in [1.54, 1.807) is 0 Å². The zero-order valence-corrected chi connectivity index (χ0v) is 16.2. The van der Waals surface area contributed by atoms with E-state index in [1.165, 1.54) is 44.9 Å². The Morgan fingerprint density at radius 2 is 1.74 bits per heavy atom. The molecular formula is C20H41NO2. The second-order valence-electron chi connectivity index (χ2n) is 7.62. The van der Waals surface area contributed by atoms with E-state index >= 15 is 0 Å². The molecule has 0 aromatic heterocycles. The first-order valence-electron chi connectivity index (χ1n) is 10.0. The lowest BCUT2D eigenvalue weighted by atomic mass is 9.67. The van der Waals surface area contributed by atoms with Gasteiger partial charge in [-0.2, -0.15) is 0 Å². The van der Waals surface area contributed by atoms with E-state index in [9.17, 15) is 5.11 Å². The fourth-order valence-corrected chi connectivity index (χ4v) is 4.67. The quantitative estimate of drug-likeness (QED) is 0.596. The van der Waals surface area contributed by atoms with E-state index in [0.29, 0.717) is 18.4 Å². The summed E-state index contributed by atoms with van der Waals surface area (Å²) >= 11 is 0. The molecule has 0 bridgehead atoms. The molecule has 3 nitrogen and oxygen atoms in total. The molecule has 1 rings (SSSR count). The fraction of sp³-hybridized carbons (Fsp3) is 1.00. The van der Waals surface area contributed by atoms with Crippen LogP contribution in [-0.4, -0.2) is 37.5 Å². The van der Waals surface area contributed by atoms with Crippen molar-refractivity contribution in [1.29, 1.82) is 0 Å². The third-order valence-corrected chi connectivity index (χ3v) is 5.86. The minimum atomic E-state index is -0.279. The van der Waals surface area contributed by atoms with Crippen LogP contribution >= 0.6 is 0 Å². The summed E-state index contributed by atoms with van der Waals surface area (Å²) in [4.78, 5) is 0. The molecule has 0 aromatic rings. The van der Waals surface area contributed by atoms with Crippen molar-refractivity contribution in [2.24, 2.45) is 23.7 Å². The van der Waals surface area contributed by atoms with Crippen LogP contribution in [0.4, 0.5) is 0 Å². The topological polar surface area (TPSA) is 41.5 Å². The van der Waals surface area contributed by atoms with Gasteiger partial charge in [0.2, 0.25) is 0 Å². The van der Waals surface area contributed by atoms with Crippen LogP contribution in [0.1, 0.15) is 72.6 Å². The molecule has 138 valence electrons. The number of aliphatic hydroxyl groups is 1. The van der Waals surface area contributed by atoms with Crippen LogP contribution < -0.4 is 5.32 Å². The third kappa shape index (κ3) is 6.03. The summed E-state index contributed by atoms with van der Waals surface area (Å²) in [7, 11) is 1.94. The van der Waals surface area contributed by atoms with E-state index in [4.69, 9.17) is 4.74 Å². The number of rotatable bonds is 11. The standard InChI is InChI=1S/C20H41NO2/c1-6-9-12-16(11-8-3)19(15(4)10-7-2)17-13-23-14-18(21-5)20(17)22/h15-22H,6-14H2,1-5H3/t15?,16?,17?,18-,19+,20-/m1/s1. The number of hydrogen-bond donors (Lipinski definition) is 2. The Kier molecular flexibility index (Phi) is 10.4. The molecule has 0 aliphatic carbocycles. The van der Waals surface area contributed by atoms with Crippen LogP contribution in [0.3, 0.4) is 0 Å². The van der Waals surface area contributed by atoms with Crippen molar-refractivity contribution in [2.45, 2.75) is 84.8 Å². The SMILES string of the molecule is CCCCC(CCC)[C@H](C(C)CCC)C1COC[C@@H](NC)[C@@H]1O. The summed E-state index contributed by atoms with van der Waals surface area (Å²) in [6.07, 6.45) is 8.59. The lowest BCUT2D eigenvalue weighted by molar-refractivity contribution is -0.0994. The highest BCUT2D eigenvalue weighted by Crippen LogP contribution is 2.40. The van der Waals surface area contributed by atoms with Crippen molar-refractivity contribution < 1.29 is 9.84 Å². The number of likely N-dealkylation sites (N-methyl/N-ethyl adjacent to an activating group) is 1. The number of hydrogen-bond acceptors (Lipinski definition) is 3. The van der Waals surface area contributed by atoms with Gasteiger partial charge in [0.25, 0.3) is 0 Å². The van der Waals surface area contributed by atoms with Crippen LogP contribution in [0.2, 0.25) is 0 Å². The summed E-state index contributed by atoms with van der Waals surface area (Å²) in [6, 6.07) is 0.0820. The highest BCUT2D eigenvalue weighted by atomic mass is 16.5. The lowest BCUT2D eigenvalue weighted by Crippen LogP contribution is -2.54. The first-order chi connectivity index (χ1) is 11.1. The average Bonchev–Trinajstić information content (AvgIpc) is 2.54. The molecule has 0 spiro atoms. The van der Waals surface area contributed by atoms with Crippen LogP contribution in [0.15, 0.2) is 0 Å². The number of ether oxygens (including phenoxy) is 1. The molecule has 1 heterocycles. The van der Waals surface area contributed by atoms with Gasteiger partial charge in [-0.1, -0.05) is 72.6 Å². The molecule has 0 amide bonds. The Hall–Kier alpha value is -0.120. The molecule has 0 saturated carbocycles. The summed E-state index contributed by atoms with van der Waals surface area (Å²) in [6.45, 7) is 10.6. The summed E-state index contributed by atoms with van der Waals surface area (Å²) in [5.41, 5.74) is 0. The molecule has 3 unspecified atom stereocenters. The second kappa shape index (κ2) is 11.4. The number of aliphatic hydroxyl groups excluding tert-OH is 1. The van der Waals surface area contributed by atoms with Gasteiger partial charge in [-0.25, -0.2) is 0 Å². The Labute approximate surface area is 144 Å². The van der Waals surface area contributed by atoms with Crippen LogP contribution in [-0.2, 0) is 4.74 Å². The zero-order chi connectivity index (χ0) is 17.2. The summed E-state index contributed by atoms with van der Waals surface area (Å²) in [5, 5.41) is 14.2. The van der Waals surface area contributed by atoms with Gasteiger partial charge in [0.15, 0.2) is 0 Å². The second-order valence-corrected chi connectivity index (χ2v) is 7.62. The first-order valence-corrected chi connectivity index (χ1v) is 10.0. The Morgan fingerprint density at radius 3 is 2.30 bits per heavy atom. The molecule has 0 radical (unpaired) electrons. The van der Waals surface area contributed by atoms with Crippen molar-refractivity contribution in [3.8, 4) is 0 Å². The summed E-state index contributed by atoms with van der Waals surface area (Å²) in [5.74, 6) is 2.23. The molecule has 2 N–H and O–H groups in total. The smallest absolute Gasteiger partial charge is 0.0768 e. The van der Waals surface area contributed by atoms with Gasteiger partial charge < -0.3 is 15.2 Å². The molecular weight excluding hydrogens is 286 g/mol. The van der Waals surface area contributed by atoms with Gasteiger partial charge in [0, 0.05) is 5.92 Å². The minimum Gasteiger partial charge on any atom is -0.391 e. The van der Waals surface area contributed by atoms with Crippen molar-refractivity contribution >= 4 is 0 Å². The highest BCUT2D eigenvalue weighted by molar-refractivity contribution is 4.92. The van der Waals surface area contributed by atoms with Gasteiger partial charge in [0.1, 0.15) is 0 Å². The lowest BCUT2D eigenvalue weighted by Gasteiger charge is -2.44. The van der Waals surface area contributed by atoms with Crippen molar-refractivity contribution in [2.75, 3.05) is 20.3 Å². The number of unbranched alkanes of at least 4 members (excludes halogenated alkanes) is 1. The van der Waals surface area contributed by atoms with E-state index in [-0.39, 0.29) is 18.1 Å².